The molecule has 84 valence electrons. The monoisotopic (exact) mass is 215 g/mol. The third-order valence-corrected chi connectivity index (χ3v) is 2.76. The predicted octanol–water partition coefficient (Wildman–Crippen LogP) is 2.59. The van der Waals surface area contributed by atoms with Crippen LogP contribution in [0.2, 0.25) is 0 Å². The van der Waals surface area contributed by atoms with Crippen LogP contribution >= 0.6 is 0 Å². The standard InChI is InChI=1S/C13H17N3/c1-3-11-6-4-5-7-12(11)10-15-13-14-8-9-16(13)2/h4-9H,3,10H2,1-2H3,(H,14,15). The lowest BCUT2D eigenvalue weighted by molar-refractivity contribution is 0.896. The molecule has 0 saturated carbocycles. The lowest BCUT2D eigenvalue weighted by Crippen LogP contribution is -2.06. The second-order valence-electron chi connectivity index (χ2n) is 3.84. The van der Waals surface area contributed by atoms with Gasteiger partial charge in [-0.2, -0.15) is 0 Å². The van der Waals surface area contributed by atoms with Crippen LogP contribution in [-0.4, -0.2) is 9.55 Å². The molecule has 0 bridgehead atoms. The number of hydrogen-bond acceptors (Lipinski definition) is 2. The van der Waals surface area contributed by atoms with Gasteiger partial charge in [-0.25, -0.2) is 4.98 Å². The van der Waals surface area contributed by atoms with Crippen molar-refractivity contribution in [3.05, 3.63) is 47.8 Å². The van der Waals surface area contributed by atoms with Crippen LogP contribution < -0.4 is 5.32 Å². The van der Waals surface area contributed by atoms with Gasteiger partial charge in [0.15, 0.2) is 0 Å². The van der Waals surface area contributed by atoms with Gasteiger partial charge in [-0.3, -0.25) is 0 Å². The van der Waals surface area contributed by atoms with Crippen molar-refractivity contribution in [2.45, 2.75) is 19.9 Å². The normalized spacial score (nSPS) is 10.4. The van der Waals surface area contributed by atoms with Gasteiger partial charge >= 0.3 is 0 Å². The Balaban J connectivity index is 2.07. The first-order valence-electron chi connectivity index (χ1n) is 5.59. The lowest BCUT2D eigenvalue weighted by atomic mass is 10.1. The molecule has 2 aromatic rings. The van der Waals surface area contributed by atoms with Crippen molar-refractivity contribution in [1.29, 1.82) is 0 Å². The van der Waals surface area contributed by atoms with E-state index < -0.39 is 0 Å². The smallest absolute Gasteiger partial charge is 0.202 e. The molecular formula is C13H17N3. The summed E-state index contributed by atoms with van der Waals surface area (Å²) >= 11 is 0. The number of nitrogens with zero attached hydrogens (tertiary/aromatic N) is 2. The van der Waals surface area contributed by atoms with E-state index in [9.17, 15) is 0 Å². The summed E-state index contributed by atoms with van der Waals surface area (Å²) in [4.78, 5) is 4.24. The number of nitrogens with one attached hydrogen (secondary N) is 1. The second kappa shape index (κ2) is 4.84. The highest BCUT2D eigenvalue weighted by molar-refractivity contribution is 5.33. The molecule has 2 rings (SSSR count). The van der Waals surface area contributed by atoms with Crippen LogP contribution in [0.15, 0.2) is 36.7 Å². The van der Waals surface area contributed by atoms with Gasteiger partial charge in [0.1, 0.15) is 0 Å². The maximum absolute atomic E-state index is 4.24. The Morgan fingerprint density at radius 1 is 1.25 bits per heavy atom. The van der Waals surface area contributed by atoms with E-state index >= 15 is 0 Å². The first-order valence-corrected chi connectivity index (χ1v) is 5.59. The summed E-state index contributed by atoms with van der Waals surface area (Å²) < 4.78 is 1.98. The zero-order valence-corrected chi connectivity index (χ0v) is 9.77. The zero-order chi connectivity index (χ0) is 11.4. The van der Waals surface area contributed by atoms with Gasteiger partial charge < -0.3 is 9.88 Å². The van der Waals surface area contributed by atoms with E-state index in [-0.39, 0.29) is 0 Å². The average molecular weight is 215 g/mol. The molecule has 0 fully saturated rings. The molecule has 3 nitrogen and oxygen atoms in total. The molecule has 1 aromatic heterocycles. The largest absolute Gasteiger partial charge is 0.352 e. The van der Waals surface area contributed by atoms with E-state index in [1.54, 1.807) is 6.20 Å². The number of aryl methyl sites for hydroxylation is 2. The molecule has 0 unspecified atom stereocenters. The van der Waals surface area contributed by atoms with Crippen LogP contribution in [0, 0.1) is 0 Å². The van der Waals surface area contributed by atoms with Crippen LogP contribution in [0.25, 0.3) is 0 Å². The molecule has 1 aromatic carbocycles. The number of imidazole rings is 1. The predicted molar refractivity (Wildman–Crippen MR) is 66.4 cm³/mol. The quantitative estimate of drug-likeness (QED) is 0.849. The number of anilines is 1. The molecule has 0 radical (unpaired) electrons. The minimum absolute atomic E-state index is 0.828. The molecule has 0 amide bonds. The Morgan fingerprint density at radius 2 is 2.00 bits per heavy atom. The summed E-state index contributed by atoms with van der Waals surface area (Å²) in [7, 11) is 1.99. The summed E-state index contributed by atoms with van der Waals surface area (Å²) in [6, 6.07) is 8.50. The van der Waals surface area contributed by atoms with E-state index in [1.807, 2.05) is 17.8 Å². The van der Waals surface area contributed by atoms with E-state index in [4.69, 9.17) is 0 Å². The minimum atomic E-state index is 0.828. The van der Waals surface area contributed by atoms with E-state index in [0.29, 0.717) is 0 Å². The topological polar surface area (TPSA) is 29.9 Å². The Labute approximate surface area is 96.1 Å². The minimum Gasteiger partial charge on any atom is -0.352 e. The Hall–Kier alpha value is -1.77. The zero-order valence-electron chi connectivity index (χ0n) is 9.77. The van der Waals surface area contributed by atoms with Crippen molar-refractivity contribution < 1.29 is 0 Å². The number of benzene rings is 1. The first-order chi connectivity index (χ1) is 7.81. The molecular weight excluding hydrogens is 198 g/mol. The molecule has 0 aliphatic heterocycles. The molecule has 0 saturated heterocycles. The molecule has 0 atom stereocenters. The van der Waals surface area contributed by atoms with Gasteiger partial charge in [0.2, 0.25) is 5.95 Å². The highest BCUT2D eigenvalue weighted by Gasteiger charge is 2.01. The molecule has 0 aliphatic carbocycles. The second-order valence-corrected chi connectivity index (χ2v) is 3.84. The van der Waals surface area contributed by atoms with E-state index in [0.717, 1.165) is 18.9 Å². The van der Waals surface area contributed by atoms with E-state index in [2.05, 4.69) is 41.5 Å². The average Bonchev–Trinajstić information content (AvgIpc) is 2.72. The van der Waals surface area contributed by atoms with Crippen molar-refractivity contribution in [2.24, 2.45) is 7.05 Å². The van der Waals surface area contributed by atoms with Gasteiger partial charge in [0.25, 0.3) is 0 Å². The molecule has 3 heteroatoms. The van der Waals surface area contributed by atoms with Gasteiger partial charge in [0, 0.05) is 26.0 Å². The third kappa shape index (κ3) is 2.24. The van der Waals surface area contributed by atoms with Crippen LogP contribution in [-0.2, 0) is 20.0 Å². The van der Waals surface area contributed by atoms with E-state index in [1.165, 1.54) is 11.1 Å². The Bertz CT molecular complexity index is 460. The molecule has 0 spiro atoms. The van der Waals surface area contributed by atoms with Crippen molar-refractivity contribution in [3.8, 4) is 0 Å². The SMILES string of the molecule is CCc1ccccc1CNc1nccn1C. The van der Waals surface area contributed by atoms with Crippen LogP contribution in [0.5, 0.6) is 0 Å². The number of rotatable bonds is 4. The van der Waals surface area contributed by atoms with Gasteiger partial charge in [-0.15, -0.1) is 0 Å². The molecule has 0 aliphatic rings. The van der Waals surface area contributed by atoms with Crippen LogP contribution in [0.4, 0.5) is 5.95 Å². The molecule has 1 heterocycles. The summed E-state index contributed by atoms with van der Waals surface area (Å²) in [6.45, 7) is 3.01. The fourth-order valence-corrected chi connectivity index (χ4v) is 1.79. The van der Waals surface area contributed by atoms with Crippen molar-refractivity contribution in [2.75, 3.05) is 5.32 Å². The highest BCUT2D eigenvalue weighted by Crippen LogP contribution is 2.11. The Kier molecular flexibility index (Phi) is 3.25. The van der Waals surface area contributed by atoms with Gasteiger partial charge in [-0.05, 0) is 17.5 Å². The first kappa shape index (κ1) is 10.7. The van der Waals surface area contributed by atoms with Crippen molar-refractivity contribution in [1.82, 2.24) is 9.55 Å². The maximum Gasteiger partial charge on any atom is 0.202 e. The Morgan fingerprint density at radius 3 is 2.62 bits per heavy atom. The van der Waals surface area contributed by atoms with Gasteiger partial charge in [-0.1, -0.05) is 31.2 Å². The highest BCUT2D eigenvalue weighted by atomic mass is 15.2. The fraction of sp³-hybridized carbons (Fsp3) is 0.308. The summed E-state index contributed by atoms with van der Waals surface area (Å²) in [5.41, 5.74) is 2.73. The maximum atomic E-state index is 4.24. The van der Waals surface area contributed by atoms with Crippen molar-refractivity contribution in [3.63, 3.8) is 0 Å². The number of hydrogen-bond donors (Lipinski definition) is 1. The summed E-state index contributed by atoms with van der Waals surface area (Å²) in [6.07, 6.45) is 4.81. The van der Waals surface area contributed by atoms with Gasteiger partial charge in [0.05, 0.1) is 0 Å². The van der Waals surface area contributed by atoms with Crippen molar-refractivity contribution >= 4 is 5.95 Å². The molecule has 1 N–H and O–H groups in total. The lowest BCUT2D eigenvalue weighted by Gasteiger charge is -2.09. The summed E-state index contributed by atoms with van der Waals surface area (Å²) in [5, 5.41) is 3.34. The van der Waals surface area contributed by atoms with Crippen LogP contribution in [0.3, 0.4) is 0 Å². The van der Waals surface area contributed by atoms with Crippen LogP contribution in [0.1, 0.15) is 18.1 Å². The third-order valence-electron chi connectivity index (χ3n) is 2.76. The number of aromatic nitrogens is 2. The molecule has 16 heavy (non-hydrogen) atoms. The fourth-order valence-electron chi connectivity index (χ4n) is 1.79. The summed E-state index contributed by atoms with van der Waals surface area (Å²) in [5.74, 6) is 0.908.